The number of thiophene rings is 1. The topological polar surface area (TPSA) is 55.4 Å². The zero-order valence-electron chi connectivity index (χ0n) is 12.6. The summed E-state index contributed by atoms with van der Waals surface area (Å²) in [6.07, 6.45) is 3.50. The fourth-order valence-electron chi connectivity index (χ4n) is 1.83. The van der Waals surface area contributed by atoms with E-state index in [0.29, 0.717) is 23.0 Å². The van der Waals surface area contributed by atoms with Crippen LogP contribution in [0.3, 0.4) is 0 Å². The van der Waals surface area contributed by atoms with Crippen molar-refractivity contribution in [2.45, 2.75) is 6.42 Å². The van der Waals surface area contributed by atoms with E-state index in [2.05, 4.69) is 5.32 Å². The molecule has 0 spiro atoms. The van der Waals surface area contributed by atoms with Gasteiger partial charge in [-0.15, -0.1) is 0 Å². The second-order valence-corrected chi connectivity index (χ2v) is 6.46. The van der Waals surface area contributed by atoms with E-state index in [1.54, 1.807) is 18.2 Å². The van der Waals surface area contributed by atoms with E-state index in [1.807, 2.05) is 22.9 Å². The maximum atomic E-state index is 11.6. The molecule has 0 unspecified atom stereocenters. The molecule has 0 atom stereocenters. The second-order valence-electron chi connectivity index (χ2n) is 4.83. The number of hydrogen-bond acceptors (Lipinski definition) is 4. The maximum Gasteiger partial charge on any atom is 0.331 e. The van der Waals surface area contributed by atoms with Gasteiger partial charge in [0.05, 0.1) is 0 Å². The van der Waals surface area contributed by atoms with E-state index in [4.69, 9.17) is 27.9 Å². The van der Waals surface area contributed by atoms with Crippen LogP contribution in [0.15, 0.2) is 41.1 Å². The second kappa shape index (κ2) is 9.47. The Morgan fingerprint density at radius 1 is 1.25 bits per heavy atom. The number of amides is 1. The first-order valence-corrected chi connectivity index (χ1v) is 8.82. The fraction of sp³-hybridized carbons (Fsp3) is 0.176. The van der Waals surface area contributed by atoms with Gasteiger partial charge in [0.25, 0.3) is 5.91 Å². The Labute approximate surface area is 154 Å². The van der Waals surface area contributed by atoms with Gasteiger partial charge in [0, 0.05) is 22.7 Å². The summed E-state index contributed by atoms with van der Waals surface area (Å²) in [6.45, 7) is 0.0731. The lowest BCUT2D eigenvalue weighted by molar-refractivity contribution is -0.143. The summed E-state index contributed by atoms with van der Waals surface area (Å²) in [7, 11) is 0. The number of carbonyl (C=O) groups is 2. The van der Waals surface area contributed by atoms with Crippen molar-refractivity contribution in [2.24, 2.45) is 0 Å². The lowest BCUT2D eigenvalue weighted by Gasteiger charge is -2.07. The van der Waals surface area contributed by atoms with E-state index in [-0.39, 0.29) is 12.5 Å². The molecule has 1 heterocycles. The summed E-state index contributed by atoms with van der Waals surface area (Å²) < 4.78 is 4.87. The largest absolute Gasteiger partial charge is 0.452 e. The Bertz CT molecular complexity index is 729. The molecule has 1 aromatic heterocycles. The molecule has 0 bridgehead atoms. The Morgan fingerprint density at radius 2 is 2.08 bits per heavy atom. The number of nitrogens with one attached hydrogen (secondary N) is 1. The van der Waals surface area contributed by atoms with Gasteiger partial charge >= 0.3 is 5.97 Å². The van der Waals surface area contributed by atoms with E-state index in [9.17, 15) is 9.59 Å². The molecule has 24 heavy (non-hydrogen) atoms. The maximum absolute atomic E-state index is 11.6. The summed E-state index contributed by atoms with van der Waals surface area (Å²) >= 11 is 13.4. The smallest absolute Gasteiger partial charge is 0.331 e. The average molecular weight is 384 g/mol. The van der Waals surface area contributed by atoms with Gasteiger partial charge in [0.2, 0.25) is 0 Å². The van der Waals surface area contributed by atoms with Crippen molar-refractivity contribution in [3.8, 4) is 0 Å². The van der Waals surface area contributed by atoms with Crippen LogP contribution in [0, 0.1) is 0 Å². The standard InChI is InChI=1S/C17H15Cl2NO3S/c18-14-3-2-13(15(19)9-14)5-7-20-16(21)10-23-17(22)4-1-12-6-8-24-11-12/h1-4,6,8-9,11H,5,7,10H2,(H,20,21)/b4-1+. The van der Waals surface area contributed by atoms with Crippen LogP contribution in [-0.2, 0) is 20.7 Å². The number of ether oxygens (including phenoxy) is 1. The molecule has 7 heteroatoms. The highest BCUT2D eigenvalue weighted by Crippen LogP contribution is 2.21. The molecule has 0 saturated heterocycles. The predicted molar refractivity (Wildman–Crippen MR) is 97.5 cm³/mol. The van der Waals surface area contributed by atoms with Crippen LogP contribution in [0.4, 0.5) is 0 Å². The lowest BCUT2D eigenvalue weighted by Crippen LogP contribution is -2.30. The van der Waals surface area contributed by atoms with Gasteiger partial charge in [0.1, 0.15) is 0 Å². The summed E-state index contributed by atoms with van der Waals surface area (Å²) in [6, 6.07) is 7.09. The molecule has 0 saturated carbocycles. The van der Waals surface area contributed by atoms with Gasteiger partial charge in [-0.1, -0.05) is 29.3 Å². The number of benzene rings is 1. The Kier molecular flexibility index (Phi) is 7.31. The van der Waals surface area contributed by atoms with Crippen LogP contribution >= 0.6 is 34.5 Å². The first-order valence-electron chi connectivity index (χ1n) is 7.12. The van der Waals surface area contributed by atoms with Crippen LogP contribution in [0.2, 0.25) is 10.0 Å². The molecule has 0 aliphatic rings. The third-order valence-corrected chi connectivity index (χ3v) is 4.32. The molecule has 1 N–H and O–H groups in total. The van der Waals surface area contributed by atoms with Crippen LogP contribution in [0.5, 0.6) is 0 Å². The van der Waals surface area contributed by atoms with Crippen molar-refractivity contribution in [2.75, 3.05) is 13.2 Å². The predicted octanol–water partition coefficient (Wildman–Crippen LogP) is 3.97. The monoisotopic (exact) mass is 383 g/mol. The molecule has 4 nitrogen and oxygen atoms in total. The average Bonchev–Trinajstić information content (AvgIpc) is 3.06. The normalized spacial score (nSPS) is 10.8. The molecular formula is C17H15Cl2NO3S. The highest BCUT2D eigenvalue weighted by molar-refractivity contribution is 7.08. The first kappa shape index (κ1) is 18.5. The lowest BCUT2D eigenvalue weighted by atomic mass is 10.1. The van der Waals surface area contributed by atoms with E-state index >= 15 is 0 Å². The summed E-state index contributed by atoms with van der Waals surface area (Å²) in [5, 5.41) is 7.60. The van der Waals surface area contributed by atoms with Gasteiger partial charge in [0.15, 0.2) is 6.61 Å². The minimum Gasteiger partial charge on any atom is -0.452 e. The highest BCUT2D eigenvalue weighted by atomic mass is 35.5. The summed E-state index contributed by atoms with van der Waals surface area (Å²) in [5.41, 5.74) is 1.80. The molecular weight excluding hydrogens is 369 g/mol. The van der Waals surface area contributed by atoms with Crippen LogP contribution in [-0.4, -0.2) is 25.0 Å². The van der Waals surface area contributed by atoms with Gasteiger partial charge in [-0.25, -0.2) is 4.79 Å². The number of hydrogen-bond donors (Lipinski definition) is 1. The van der Waals surface area contributed by atoms with Crippen molar-refractivity contribution < 1.29 is 14.3 Å². The van der Waals surface area contributed by atoms with Gasteiger partial charge in [-0.05, 0) is 52.6 Å². The SMILES string of the molecule is O=C(COC(=O)/C=C/c1ccsc1)NCCc1ccc(Cl)cc1Cl. The minimum absolute atomic E-state index is 0.318. The Hall–Kier alpha value is -1.82. The van der Waals surface area contributed by atoms with E-state index in [1.165, 1.54) is 17.4 Å². The van der Waals surface area contributed by atoms with Crippen molar-refractivity contribution in [3.63, 3.8) is 0 Å². The zero-order valence-corrected chi connectivity index (χ0v) is 15.0. The number of rotatable bonds is 7. The van der Waals surface area contributed by atoms with Gasteiger partial charge in [-0.3, -0.25) is 4.79 Å². The molecule has 1 aromatic carbocycles. The molecule has 2 rings (SSSR count). The van der Waals surface area contributed by atoms with E-state index in [0.717, 1.165) is 11.1 Å². The molecule has 126 valence electrons. The van der Waals surface area contributed by atoms with Gasteiger partial charge < -0.3 is 10.1 Å². The summed E-state index contributed by atoms with van der Waals surface area (Å²) in [4.78, 5) is 23.1. The Morgan fingerprint density at radius 3 is 2.79 bits per heavy atom. The van der Waals surface area contributed by atoms with Gasteiger partial charge in [-0.2, -0.15) is 11.3 Å². The molecule has 0 aliphatic carbocycles. The quantitative estimate of drug-likeness (QED) is 0.581. The van der Waals surface area contributed by atoms with Crippen molar-refractivity contribution >= 4 is 52.5 Å². The van der Waals surface area contributed by atoms with Crippen LogP contribution < -0.4 is 5.32 Å². The molecule has 0 fully saturated rings. The fourth-order valence-corrected chi connectivity index (χ4v) is 2.96. The number of esters is 1. The van der Waals surface area contributed by atoms with E-state index < -0.39 is 5.97 Å². The van der Waals surface area contributed by atoms with Crippen LogP contribution in [0.25, 0.3) is 6.08 Å². The first-order chi connectivity index (χ1) is 11.5. The number of carbonyl (C=O) groups excluding carboxylic acids is 2. The molecule has 1 amide bonds. The minimum atomic E-state index is -0.558. The Balaban J connectivity index is 1.67. The molecule has 0 aliphatic heterocycles. The van der Waals surface area contributed by atoms with Crippen molar-refractivity contribution in [1.29, 1.82) is 0 Å². The third kappa shape index (κ3) is 6.35. The molecule has 0 radical (unpaired) electrons. The van der Waals surface area contributed by atoms with Crippen LogP contribution in [0.1, 0.15) is 11.1 Å². The highest BCUT2D eigenvalue weighted by Gasteiger charge is 2.06. The molecule has 2 aromatic rings. The number of halogens is 2. The summed E-state index contributed by atoms with van der Waals surface area (Å²) in [5.74, 6) is -0.922. The van der Waals surface area contributed by atoms with Crippen molar-refractivity contribution in [1.82, 2.24) is 5.32 Å². The third-order valence-electron chi connectivity index (χ3n) is 3.03. The zero-order chi connectivity index (χ0) is 17.4. The van der Waals surface area contributed by atoms with Crippen molar-refractivity contribution in [3.05, 3.63) is 62.3 Å².